The summed E-state index contributed by atoms with van der Waals surface area (Å²) in [5, 5.41) is 9.40. The average molecular weight is 365 g/mol. The first kappa shape index (κ1) is 16.7. The fourth-order valence-electron chi connectivity index (χ4n) is 2.95. The van der Waals surface area contributed by atoms with Gasteiger partial charge in [0.05, 0.1) is 5.75 Å². The summed E-state index contributed by atoms with van der Waals surface area (Å²) in [5.74, 6) is 1.20. The molecule has 0 aliphatic carbocycles. The summed E-state index contributed by atoms with van der Waals surface area (Å²) in [6.07, 6.45) is 0. The maximum absolute atomic E-state index is 12.5. The van der Waals surface area contributed by atoms with Gasteiger partial charge in [0, 0.05) is 31.5 Å². The van der Waals surface area contributed by atoms with Crippen molar-refractivity contribution in [2.75, 3.05) is 29.1 Å². The summed E-state index contributed by atoms with van der Waals surface area (Å²) < 4.78 is 2.08. The van der Waals surface area contributed by atoms with Crippen molar-refractivity contribution >= 4 is 35.0 Å². The highest BCUT2D eigenvalue weighted by Gasteiger charge is 2.26. The summed E-state index contributed by atoms with van der Waals surface area (Å²) in [7, 11) is 1.80. The molecule has 2 heterocycles. The van der Waals surface area contributed by atoms with Crippen LogP contribution >= 0.6 is 11.8 Å². The molecular formula is C19H19N5OS. The third-order valence-corrected chi connectivity index (χ3v) is 5.35. The minimum atomic E-state index is 0.0384. The van der Waals surface area contributed by atoms with E-state index in [4.69, 9.17) is 0 Å². The first-order valence-corrected chi connectivity index (χ1v) is 9.43. The second-order valence-electron chi connectivity index (χ2n) is 6.00. The summed E-state index contributed by atoms with van der Waals surface area (Å²) in [5.41, 5.74) is 2.00. The van der Waals surface area contributed by atoms with Gasteiger partial charge in [-0.2, -0.15) is 0 Å². The Hall–Kier alpha value is -2.80. The molecule has 7 heteroatoms. The van der Waals surface area contributed by atoms with Gasteiger partial charge in [-0.1, -0.05) is 48.2 Å². The van der Waals surface area contributed by atoms with Gasteiger partial charge in [-0.25, -0.2) is 0 Å². The van der Waals surface area contributed by atoms with Gasteiger partial charge >= 0.3 is 0 Å². The maximum Gasteiger partial charge on any atom is 0.237 e. The molecule has 1 aliphatic heterocycles. The largest absolute Gasteiger partial charge is 0.315 e. The molecule has 0 bridgehead atoms. The Balaban J connectivity index is 1.44. The Labute approximate surface area is 156 Å². The minimum absolute atomic E-state index is 0.0384. The zero-order valence-corrected chi connectivity index (χ0v) is 15.3. The van der Waals surface area contributed by atoms with Gasteiger partial charge in [0.2, 0.25) is 11.9 Å². The lowest BCUT2D eigenvalue weighted by atomic mass is 10.3. The molecule has 0 atom stereocenters. The minimum Gasteiger partial charge on any atom is -0.315 e. The number of benzene rings is 2. The molecule has 1 aliphatic rings. The molecule has 1 amide bonds. The fraction of sp³-hybridized carbons (Fsp3) is 0.211. The molecule has 0 fully saturated rings. The average Bonchev–Trinajstić information content (AvgIpc) is 3.29. The molecule has 6 nitrogen and oxygen atoms in total. The van der Waals surface area contributed by atoms with E-state index in [0.717, 1.165) is 35.6 Å². The van der Waals surface area contributed by atoms with Crippen molar-refractivity contribution in [2.45, 2.75) is 11.7 Å². The fourth-order valence-corrected chi connectivity index (χ4v) is 3.83. The monoisotopic (exact) mass is 365 g/mol. The Morgan fingerprint density at radius 2 is 1.73 bits per heavy atom. The van der Waals surface area contributed by atoms with Crippen molar-refractivity contribution in [3.63, 3.8) is 0 Å². The maximum atomic E-state index is 12.5. The van der Waals surface area contributed by atoms with E-state index in [2.05, 4.69) is 31.8 Å². The van der Waals surface area contributed by atoms with E-state index in [1.807, 2.05) is 48.5 Å². The predicted molar refractivity (Wildman–Crippen MR) is 104 cm³/mol. The van der Waals surface area contributed by atoms with Crippen molar-refractivity contribution in [3.8, 4) is 0 Å². The van der Waals surface area contributed by atoms with E-state index in [0.29, 0.717) is 5.75 Å². The zero-order chi connectivity index (χ0) is 17.9. The van der Waals surface area contributed by atoms with E-state index in [9.17, 15) is 4.79 Å². The highest BCUT2D eigenvalue weighted by atomic mass is 32.2. The van der Waals surface area contributed by atoms with Crippen molar-refractivity contribution in [3.05, 3.63) is 60.7 Å². The SMILES string of the molecule is CN(C(=O)CSc1nnc2n1CCN2c1ccccc1)c1ccccc1. The van der Waals surface area contributed by atoms with E-state index in [1.54, 1.807) is 11.9 Å². The normalized spacial score (nSPS) is 12.9. The molecule has 3 aromatic rings. The first-order valence-electron chi connectivity index (χ1n) is 8.44. The van der Waals surface area contributed by atoms with E-state index < -0.39 is 0 Å². The van der Waals surface area contributed by atoms with E-state index in [-0.39, 0.29) is 5.91 Å². The summed E-state index contributed by atoms with van der Waals surface area (Å²) in [4.78, 5) is 16.3. The van der Waals surface area contributed by atoms with Crippen molar-refractivity contribution in [1.29, 1.82) is 0 Å². The van der Waals surface area contributed by atoms with Gasteiger partial charge < -0.3 is 9.80 Å². The van der Waals surface area contributed by atoms with Crippen LogP contribution in [-0.4, -0.2) is 40.0 Å². The topological polar surface area (TPSA) is 54.3 Å². The third-order valence-electron chi connectivity index (χ3n) is 4.40. The molecule has 4 rings (SSSR count). The van der Waals surface area contributed by atoms with Crippen LogP contribution < -0.4 is 9.80 Å². The number of para-hydroxylation sites is 2. The smallest absolute Gasteiger partial charge is 0.237 e. The molecule has 132 valence electrons. The van der Waals surface area contributed by atoms with Gasteiger partial charge in [0.1, 0.15) is 0 Å². The second-order valence-corrected chi connectivity index (χ2v) is 6.94. The number of anilines is 3. The van der Waals surface area contributed by atoms with Crippen LogP contribution in [0.3, 0.4) is 0 Å². The summed E-state index contributed by atoms with van der Waals surface area (Å²) in [6.45, 7) is 1.68. The van der Waals surface area contributed by atoms with Gasteiger partial charge in [-0.15, -0.1) is 10.2 Å². The van der Waals surface area contributed by atoms with E-state index in [1.165, 1.54) is 11.8 Å². The molecule has 2 aromatic carbocycles. The number of hydrogen-bond acceptors (Lipinski definition) is 5. The third kappa shape index (κ3) is 3.17. The van der Waals surface area contributed by atoms with Crippen molar-refractivity contribution < 1.29 is 4.79 Å². The van der Waals surface area contributed by atoms with E-state index >= 15 is 0 Å². The highest BCUT2D eigenvalue weighted by molar-refractivity contribution is 7.99. The van der Waals surface area contributed by atoms with Crippen LogP contribution in [-0.2, 0) is 11.3 Å². The first-order chi connectivity index (χ1) is 12.7. The van der Waals surface area contributed by atoms with Crippen LogP contribution in [0.2, 0.25) is 0 Å². The van der Waals surface area contributed by atoms with Crippen LogP contribution in [0, 0.1) is 0 Å². The molecule has 1 aromatic heterocycles. The predicted octanol–water partition coefficient (Wildman–Crippen LogP) is 3.18. The molecular weight excluding hydrogens is 346 g/mol. The second kappa shape index (κ2) is 7.21. The lowest BCUT2D eigenvalue weighted by Crippen LogP contribution is -2.27. The number of carbonyl (C=O) groups excluding carboxylic acids is 1. The van der Waals surface area contributed by atoms with Crippen LogP contribution in [0.4, 0.5) is 17.3 Å². The number of thioether (sulfide) groups is 1. The Morgan fingerprint density at radius 1 is 1.04 bits per heavy atom. The lowest BCUT2D eigenvalue weighted by molar-refractivity contribution is -0.115. The summed E-state index contributed by atoms with van der Waals surface area (Å²) >= 11 is 1.43. The Bertz CT molecular complexity index is 897. The van der Waals surface area contributed by atoms with Crippen LogP contribution in [0.25, 0.3) is 0 Å². The van der Waals surface area contributed by atoms with Gasteiger partial charge in [0.15, 0.2) is 5.16 Å². The number of fused-ring (bicyclic) bond motifs is 1. The van der Waals surface area contributed by atoms with Gasteiger partial charge in [0.25, 0.3) is 0 Å². The van der Waals surface area contributed by atoms with Crippen LogP contribution in [0.1, 0.15) is 0 Å². The Morgan fingerprint density at radius 3 is 2.46 bits per heavy atom. The number of aromatic nitrogens is 3. The van der Waals surface area contributed by atoms with Gasteiger partial charge in [-0.05, 0) is 24.3 Å². The summed E-state index contributed by atoms with van der Waals surface area (Å²) in [6, 6.07) is 19.8. The van der Waals surface area contributed by atoms with Crippen molar-refractivity contribution in [1.82, 2.24) is 14.8 Å². The van der Waals surface area contributed by atoms with Crippen molar-refractivity contribution in [2.24, 2.45) is 0 Å². The number of amides is 1. The number of hydrogen-bond donors (Lipinski definition) is 0. The molecule has 26 heavy (non-hydrogen) atoms. The number of rotatable bonds is 5. The Kier molecular flexibility index (Phi) is 4.62. The molecule has 0 unspecified atom stereocenters. The molecule has 0 saturated heterocycles. The molecule has 0 saturated carbocycles. The standard InChI is InChI=1S/C19H19N5OS/c1-22(15-8-4-2-5-9-15)17(25)14-26-19-21-20-18-23(12-13-24(18)19)16-10-6-3-7-11-16/h2-11H,12-14H2,1H3. The molecule has 0 N–H and O–H groups in total. The molecule has 0 spiro atoms. The zero-order valence-electron chi connectivity index (χ0n) is 14.4. The molecule has 0 radical (unpaired) electrons. The van der Waals surface area contributed by atoms with Crippen LogP contribution in [0.5, 0.6) is 0 Å². The lowest BCUT2D eigenvalue weighted by Gasteiger charge is -2.16. The van der Waals surface area contributed by atoms with Crippen LogP contribution in [0.15, 0.2) is 65.8 Å². The van der Waals surface area contributed by atoms with Gasteiger partial charge in [-0.3, -0.25) is 9.36 Å². The number of nitrogens with zero attached hydrogens (tertiary/aromatic N) is 5. The highest BCUT2D eigenvalue weighted by Crippen LogP contribution is 2.31. The quantitative estimate of drug-likeness (QED) is 0.650. The number of carbonyl (C=O) groups is 1.